The summed E-state index contributed by atoms with van der Waals surface area (Å²) in [7, 11) is 4.26. The van der Waals surface area contributed by atoms with Gasteiger partial charge in [0.1, 0.15) is 0 Å². The monoisotopic (exact) mass is 438 g/mol. The molecule has 4 rings (SSSR count). The van der Waals surface area contributed by atoms with Gasteiger partial charge in [0.25, 0.3) is 0 Å². The molecule has 2 aliphatic rings. The zero-order valence-electron chi connectivity index (χ0n) is 20.2. The van der Waals surface area contributed by atoms with Crippen molar-refractivity contribution in [3.05, 3.63) is 35.4 Å². The predicted molar refractivity (Wildman–Crippen MR) is 137 cm³/mol. The van der Waals surface area contributed by atoms with Crippen molar-refractivity contribution in [3.63, 3.8) is 0 Å². The summed E-state index contributed by atoms with van der Waals surface area (Å²) >= 11 is 1.93. The molecule has 4 nitrogen and oxygen atoms in total. The maximum atomic E-state index is 3.86. The first-order valence-electron chi connectivity index (χ1n) is 11.7. The molecule has 5 heteroatoms. The van der Waals surface area contributed by atoms with Crippen molar-refractivity contribution in [1.82, 2.24) is 4.90 Å². The van der Waals surface area contributed by atoms with Crippen LogP contribution in [0.5, 0.6) is 0 Å². The number of hydrogen-bond acceptors (Lipinski definition) is 5. The van der Waals surface area contributed by atoms with Gasteiger partial charge in [-0.3, -0.25) is 4.90 Å². The zero-order valence-corrected chi connectivity index (χ0v) is 21.1. The lowest BCUT2D eigenvalue weighted by Crippen LogP contribution is -2.48. The lowest BCUT2D eigenvalue weighted by atomic mass is 9.99. The van der Waals surface area contributed by atoms with E-state index in [1.807, 2.05) is 11.8 Å². The summed E-state index contributed by atoms with van der Waals surface area (Å²) in [5.74, 6) is 0.477. The first-order valence-corrected chi connectivity index (χ1v) is 12.6. The Bertz CT molecular complexity index is 943. The largest absolute Gasteiger partial charge is 0.378 e. The number of anilines is 4. The van der Waals surface area contributed by atoms with Gasteiger partial charge in [0, 0.05) is 67.5 Å². The molecule has 31 heavy (non-hydrogen) atoms. The van der Waals surface area contributed by atoms with Gasteiger partial charge in [-0.2, -0.15) is 0 Å². The van der Waals surface area contributed by atoms with E-state index in [0.29, 0.717) is 12.0 Å². The molecule has 1 saturated heterocycles. The normalized spacial score (nSPS) is 16.4. The van der Waals surface area contributed by atoms with Crippen molar-refractivity contribution in [2.24, 2.45) is 0 Å². The fourth-order valence-corrected chi connectivity index (χ4v) is 5.78. The topological polar surface area (TPSA) is 21.8 Å². The summed E-state index contributed by atoms with van der Waals surface area (Å²) in [5, 5.41) is 3.86. The molecule has 1 N–H and O–H groups in total. The highest BCUT2D eigenvalue weighted by Gasteiger charge is 2.26. The third-order valence-corrected chi connectivity index (χ3v) is 7.77. The smallest absolute Gasteiger partial charge is 0.0563 e. The summed E-state index contributed by atoms with van der Waals surface area (Å²) in [6, 6.07) is 10.1. The fraction of sp³-hybridized carbons (Fsp3) is 0.538. The van der Waals surface area contributed by atoms with E-state index in [1.54, 1.807) is 0 Å². The van der Waals surface area contributed by atoms with E-state index in [4.69, 9.17) is 0 Å². The summed E-state index contributed by atoms with van der Waals surface area (Å²) < 4.78 is 0. The van der Waals surface area contributed by atoms with Gasteiger partial charge in [-0.15, -0.1) is 0 Å². The zero-order chi connectivity index (χ0) is 22.3. The van der Waals surface area contributed by atoms with Gasteiger partial charge in [-0.25, -0.2) is 0 Å². The number of aryl methyl sites for hydroxylation is 1. The number of fused-ring (bicyclic) bond motifs is 2. The number of nitrogens with one attached hydrogen (secondary N) is 1. The molecule has 0 amide bonds. The summed E-state index contributed by atoms with van der Waals surface area (Å²) in [6.07, 6.45) is 1.04. The van der Waals surface area contributed by atoms with E-state index in [-0.39, 0.29) is 0 Å². The van der Waals surface area contributed by atoms with Crippen LogP contribution < -0.4 is 15.1 Å². The molecule has 168 valence electrons. The molecule has 0 atom stereocenters. The van der Waals surface area contributed by atoms with Crippen LogP contribution >= 0.6 is 11.8 Å². The van der Waals surface area contributed by atoms with Gasteiger partial charge < -0.3 is 15.1 Å². The molecular weight excluding hydrogens is 400 g/mol. The molecule has 2 aromatic rings. The Labute approximate surface area is 193 Å². The van der Waals surface area contributed by atoms with Gasteiger partial charge in [-0.05, 0) is 61.6 Å². The molecule has 2 aliphatic heterocycles. The Morgan fingerprint density at radius 1 is 0.935 bits per heavy atom. The van der Waals surface area contributed by atoms with E-state index in [9.17, 15) is 0 Å². The molecular formula is C26H38N4S. The van der Waals surface area contributed by atoms with Crippen LogP contribution in [0.3, 0.4) is 0 Å². The van der Waals surface area contributed by atoms with Gasteiger partial charge >= 0.3 is 0 Å². The molecule has 0 radical (unpaired) electrons. The van der Waals surface area contributed by atoms with Crippen molar-refractivity contribution in [1.29, 1.82) is 0 Å². The van der Waals surface area contributed by atoms with E-state index in [2.05, 4.69) is 93.0 Å². The van der Waals surface area contributed by atoms with Gasteiger partial charge in [0.2, 0.25) is 0 Å². The average Bonchev–Trinajstić information content (AvgIpc) is 2.75. The van der Waals surface area contributed by atoms with Crippen molar-refractivity contribution < 1.29 is 0 Å². The Morgan fingerprint density at radius 3 is 2.19 bits per heavy atom. The Morgan fingerprint density at radius 2 is 1.61 bits per heavy atom. The van der Waals surface area contributed by atoms with Crippen molar-refractivity contribution in [2.75, 3.05) is 55.4 Å². The third-order valence-electron chi connectivity index (χ3n) is 6.68. The van der Waals surface area contributed by atoms with Gasteiger partial charge in [0.05, 0.1) is 11.4 Å². The highest BCUT2D eigenvalue weighted by Crippen LogP contribution is 2.50. The van der Waals surface area contributed by atoms with Crippen LogP contribution in [0.1, 0.15) is 51.7 Å². The lowest BCUT2D eigenvalue weighted by molar-refractivity contribution is 0.209. The van der Waals surface area contributed by atoms with E-state index in [1.165, 1.54) is 43.7 Å². The van der Waals surface area contributed by atoms with Crippen molar-refractivity contribution >= 4 is 34.5 Å². The van der Waals surface area contributed by atoms with E-state index in [0.717, 1.165) is 32.6 Å². The second kappa shape index (κ2) is 8.95. The average molecular weight is 439 g/mol. The highest BCUT2D eigenvalue weighted by molar-refractivity contribution is 7.99. The first kappa shape index (κ1) is 22.3. The van der Waals surface area contributed by atoms with Crippen molar-refractivity contribution in [2.45, 2.75) is 62.8 Å². The number of benzene rings is 2. The van der Waals surface area contributed by atoms with Gasteiger partial charge in [-0.1, -0.05) is 32.5 Å². The Balaban J connectivity index is 1.69. The maximum absolute atomic E-state index is 3.86. The molecule has 0 aromatic heterocycles. The number of rotatable bonds is 5. The Hall–Kier alpha value is -1.85. The number of nitrogens with zero attached hydrogens (tertiary/aromatic N) is 3. The van der Waals surface area contributed by atoms with Crippen molar-refractivity contribution in [3.8, 4) is 0 Å². The molecule has 0 spiro atoms. The maximum Gasteiger partial charge on any atom is 0.0563 e. The van der Waals surface area contributed by atoms with Crippen LogP contribution in [-0.2, 0) is 6.42 Å². The predicted octanol–water partition coefficient (Wildman–Crippen LogP) is 6.18. The first-order chi connectivity index (χ1) is 14.8. The van der Waals surface area contributed by atoms with Crippen LogP contribution in [0, 0.1) is 0 Å². The summed E-state index contributed by atoms with van der Waals surface area (Å²) in [5.41, 5.74) is 8.08. The molecule has 0 unspecified atom stereocenters. The quantitative estimate of drug-likeness (QED) is 0.512. The molecule has 2 heterocycles. The second-order valence-electron chi connectivity index (χ2n) is 9.63. The summed E-state index contributed by atoms with van der Waals surface area (Å²) in [4.78, 5) is 10.1. The van der Waals surface area contributed by atoms with Crippen LogP contribution in [0.4, 0.5) is 22.7 Å². The number of hydrogen-bond donors (Lipinski definition) is 1. The molecule has 1 fully saturated rings. The van der Waals surface area contributed by atoms with Crippen LogP contribution in [0.2, 0.25) is 0 Å². The lowest BCUT2D eigenvalue weighted by Gasteiger charge is -2.39. The molecule has 0 aliphatic carbocycles. The van der Waals surface area contributed by atoms with Crippen LogP contribution in [-0.4, -0.2) is 51.2 Å². The molecule has 0 bridgehead atoms. The van der Waals surface area contributed by atoms with E-state index < -0.39 is 0 Å². The SMILES string of the molecule is CCc1cc(N2CCN(C(C)C)CC2)cc2c1Nc1c(cc(N(C)C)cc1C(C)C)S2. The Kier molecular flexibility index (Phi) is 6.45. The standard InChI is InChI=1S/C26H38N4S/c1-8-19-13-21(30-11-9-29(10-12-30)18(4)5)16-23-25(19)27-26-22(17(2)3)14-20(28(6)7)15-24(26)31-23/h13-18,27H,8-12H2,1-7H3. The van der Waals surface area contributed by atoms with Gasteiger partial charge in [0.15, 0.2) is 0 Å². The second-order valence-corrected chi connectivity index (χ2v) is 10.7. The fourth-order valence-electron chi connectivity index (χ4n) is 4.63. The minimum absolute atomic E-state index is 0.477. The minimum Gasteiger partial charge on any atom is -0.378 e. The number of piperazine rings is 1. The minimum atomic E-state index is 0.477. The highest BCUT2D eigenvalue weighted by atomic mass is 32.2. The molecule has 0 saturated carbocycles. The molecule has 2 aromatic carbocycles. The van der Waals surface area contributed by atoms with E-state index >= 15 is 0 Å². The third kappa shape index (κ3) is 4.40. The van der Waals surface area contributed by atoms with Crippen LogP contribution in [0.25, 0.3) is 0 Å². The van der Waals surface area contributed by atoms with Crippen LogP contribution in [0.15, 0.2) is 34.1 Å². The summed E-state index contributed by atoms with van der Waals surface area (Å²) in [6.45, 7) is 16.0.